The lowest BCUT2D eigenvalue weighted by molar-refractivity contribution is 1.10. The zero-order chi connectivity index (χ0) is 11.0. The Labute approximate surface area is 86.8 Å². The fourth-order valence-corrected chi connectivity index (χ4v) is 0.985. The first-order valence-corrected chi connectivity index (χ1v) is 4.94. The van der Waals surface area contributed by atoms with E-state index in [1.807, 2.05) is 45.2 Å². The highest BCUT2D eigenvalue weighted by atomic mass is 14.8. The van der Waals surface area contributed by atoms with Gasteiger partial charge in [0.25, 0.3) is 0 Å². The van der Waals surface area contributed by atoms with Crippen molar-refractivity contribution in [1.82, 2.24) is 5.32 Å². The molecule has 0 saturated heterocycles. The highest BCUT2D eigenvalue weighted by Crippen LogP contribution is 2.08. The van der Waals surface area contributed by atoms with Gasteiger partial charge in [-0.05, 0) is 12.5 Å². The van der Waals surface area contributed by atoms with Crippen LogP contribution >= 0.6 is 0 Å². The van der Waals surface area contributed by atoms with Crippen molar-refractivity contribution in [3.8, 4) is 0 Å². The summed E-state index contributed by atoms with van der Waals surface area (Å²) in [5, 5.41) is 2.89. The van der Waals surface area contributed by atoms with Crippen molar-refractivity contribution in [2.45, 2.75) is 20.8 Å². The SMILES string of the molecule is CC.CN/C=C(\N)c1ccc(C)cc1. The molecular formula is C12H20N2. The molecule has 78 valence electrons. The minimum atomic E-state index is 0.762. The second-order valence-electron chi connectivity index (χ2n) is 2.75. The Balaban J connectivity index is 0.000000791. The van der Waals surface area contributed by atoms with E-state index in [1.165, 1.54) is 5.56 Å². The van der Waals surface area contributed by atoms with Crippen LogP contribution in [0.25, 0.3) is 5.70 Å². The van der Waals surface area contributed by atoms with Crippen molar-refractivity contribution in [2.24, 2.45) is 5.73 Å². The van der Waals surface area contributed by atoms with Crippen LogP contribution in [-0.4, -0.2) is 7.05 Å². The van der Waals surface area contributed by atoms with Crippen molar-refractivity contribution in [3.63, 3.8) is 0 Å². The molecule has 0 aliphatic rings. The summed E-state index contributed by atoms with van der Waals surface area (Å²) in [4.78, 5) is 0. The zero-order valence-electron chi connectivity index (χ0n) is 9.46. The van der Waals surface area contributed by atoms with Crippen molar-refractivity contribution >= 4 is 5.70 Å². The van der Waals surface area contributed by atoms with Crippen LogP contribution < -0.4 is 11.1 Å². The van der Waals surface area contributed by atoms with Gasteiger partial charge in [0.2, 0.25) is 0 Å². The van der Waals surface area contributed by atoms with Crippen LogP contribution in [0, 0.1) is 6.92 Å². The second-order valence-corrected chi connectivity index (χ2v) is 2.75. The maximum atomic E-state index is 5.75. The summed E-state index contributed by atoms with van der Waals surface area (Å²) >= 11 is 0. The number of rotatable bonds is 2. The van der Waals surface area contributed by atoms with Gasteiger partial charge in [0.1, 0.15) is 0 Å². The van der Waals surface area contributed by atoms with Crippen LogP contribution in [0.1, 0.15) is 25.0 Å². The predicted octanol–water partition coefficient (Wildman–Crippen LogP) is 2.50. The number of hydrogen-bond acceptors (Lipinski definition) is 2. The minimum Gasteiger partial charge on any atom is -0.397 e. The number of nitrogens with two attached hydrogens (primary N) is 1. The van der Waals surface area contributed by atoms with E-state index < -0.39 is 0 Å². The minimum absolute atomic E-state index is 0.762. The highest BCUT2D eigenvalue weighted by molar-refractivity contribution is 5.62. The molecular weight excluding hydrogens is 172 g/mol. The molecule has 0 fully saturated rings. The molecule has 0 aliphatic carbocycles. The predicted molar refractivity (Wildman–Crippen MR) is 63.8 cm³/mol. The molecule has 1 rings (SSSR count). The van der Waals surface area contributed by atoms with E-state index in [-0.39, 0.29) is 0 Å². The summed E-state index contributed by atoms with van der Waals surface area (Å²) in [5.74, 6) is 0. The average Bonchev–Trinajstić information content (AvgIpc) is 2.22. The molecule has 0 aliphatic heterocycles. The molecule has 2 nitrogen and oxygen atoms in total. The molecule has 0 atom stereocenters. The summed E-state index contributed by atoms with van der Waals surface area (Å²) < 4.78 is 0. The summed E-state index contributed by atoms with van der Waals surface area (Å²) in [6.07, 6.45) is 1.78. The number of benzene rings is 1. The maximum Gasteiger partial charge on any atom is 0.0547 e. The molecule has 0 radical (unpaired) electrons. The van der Waals surface area contributed by atoms with Crippen molar-refractivity contribution in [1.29, 1.82) is 0 Å². The van der Waals surface area contributed by atoms with E-state index in [4.69, 9.17) is 5.73 Å². The van der Waals surface area contributed by atoms with Crippen LogP contribution in [0.2, 0.25) is 0 Å². The molecule has 3 N–H and O–H groups in total. The van der Waals surface area contributed by atoms with Gasteiger partial charge in [-0.3, -0.25) is 0 Å². The Kier molecular flexibility index (Phi) is 6.29. The summed E-state index contributed by atoms with van der Waals surface area (Å²) in [6.45, 7) is 6.06. The smallest absolute Gasteiger partial charge is 0.0547 e. The highest BCUT2D eigenvalue weighted by Gasteiger charge is 1.93. The molecule has 14 heavy (non-hydrogen) atoms. The number of nitrogens with one attached hydrogen (secondary N) is 1. The van der Waals surface area contributed by atoms with Gasteiger partial charge in [-0.25, -0.2) is 0 Å². The molecule has 0 bridgehead atoms. The third-order valence-electron chi connectivity index (χ3n) is 1.68. The van der Waals surface area contributed by atoms with Gasteiger partial charge >= 0.3 is 0 Å². The van der Waals surface area contributed by atoms with Crippen LogP contribution in [0.4, 0.5) is 0 Å². The quantitative estimate of drug-likeness (QED) is 0.755. The second kappa shape index (κ2) is 7.01. The lowest BCUT2D eigenvalue weighted by atomic mass is 10.1. The monoisotopic (exact) mass is 192 g/mol. The Hall–Kier alpha value is -1.44. The Morgan fingerprint density at radius 2 is 1.71 bits per heavy atom. The first-order chi connectivity index (χ1) is 6.74. The third-order valence-corrected chi connectivity index (χ3v) is 1.68. The van der Waals surface area contributed by atoms with E-state index in [0.29, 0.717) is 0 Å². The van der Waals surface area contributed by atoms with Crippen molar-refractivity contribution in [3.05, 3.63) is 41.6 Å². The summed E-state index contributed by atoms with van der Waals surface area (Å²) in [7, 11) is 1.83. The van der Waals surface area contributed by atoms with Gasteiger partial charge in [0.15, 0.2) is 0 Å². The van der Waals surface area contributed by atoms with Gasteiger partial charge in [-0.15, -0.1) is 0 Å². The van der Waals surface area contributed by atoms with Gasteiger partial charge in [0.05, 0.1) is 5.70 Å². The van der Waals surface area contributed by atoms with E-state index in [9.17, 15) is 0 Å². The fourth-order valence-electron chi connectivity index (χ4n) is 0.985. The summed E-state index contributed by atoms with van der Waals surface area (Å²) in [6, 6.07) is 8.12. The average molecular weight is 192 g/mol. The molecule has 0 aromatic heterocycles. The van der Waals surface area contributed by atoms with Crippen LogP contribution in [0.15, 0.2) is 30.5 Å². The van der Waals surface area contributed by atoms with Crippen molar-refractivity contribution in [2.75, 3.05) is 7.05 Å². The molecule has 0 amide bonds. The van der Waals surface area contributed by atoms with E-state index in [2.05, 4.69) is 12.2 Å². The van der Waals surface area contributed by atoms with Crippen LogP contribution in [0.3, 0.4) is 0 Å². The Morgan fingerprint density at radius 3 is 2.14 bits per heavy atom. The van der Waals surface area contributed by atoms with E-state index >= 15 is 0 Å². The normalized spacial score (nSPS) is 10.1. The van der Waals surface area contributed by atoms with E-state index in [0.717, 1.165) is 11.3 Å². The van der Waals surface area contributed by atoms with Crippen molar-refractivity contribution < 1.29 is 0 Å². The lowest BCUT2D eigenvalue weighted by Gasteiger charge is -2.01. The molecule has 0 spiro atoms. The molecule has 1 aromatic rings. The van der Waals surface area contributed by atoms with Gasteiger partial charge in [-0.1, -0.05) is 43.7 Å². The van der Waals surface area contributed by atoms with Crippen LogP contribution in [0.5, 0.6) is 0 Å². The summed E-state index contributed by atoms with van der Waals surface area (Å²) in [5.41, 5.74) is 8.81. The number of aryl methyl sites for hydroxylation is 1. The number of hydrogen-bond donors (Lipinski definition) is 2. The Bertz CT molecular complexity index is 273. The third kappa shape index (κ3) is 3.99. The molecule has 0 saturated carbocycles. The van der Waals surface area contributed by atoms with E-state index in [1.54, 1.807) is 6.20 Å². The zero-order valence-corrected chi connectivity index (χ0v) is 9.46. The fraction of sp³-hybridized carbons (Fsp3) is 0.333. The lowest BCUT2D eigenvalue weighted by Crippen LogP contribution is -2.02. The largest absolute Gasteiger partial charge is 0.397 e. The van der Waals surface area contributed by atoms with Gasteiger partial charge in [-0.2, -0.15) is 0 Å². The molecule has 1 aromatic carbocycles. The van der Waals surface area contributed by atoms with Crippen LogP contribution in [-0.2, 0) is 0 Å². The topological polar surface area (TPSA) is 38.0 Å². The standard InChI is InChI=1S/C10H14N2.C2H6/c1-8-3-5-9(6-4-8)10(11)7-12-2;1-2/h3-7,12H,11H2,1-2H3;1-2H3/b10-7-;. The molecule has 0 heterocycles. The maximum absolute atomic E-state index is 5.75. The molecule has 2 heteroatoms. The Morgan fingerprint density at radius 1 is 1.21 bits per heavy atom. The van der Waals surface area contributed by atoms with Gasteiger partial charge < -0.3 is 11.1 Å². The van der Waals surface area contributed by atoms with Gasteiger partial charge in [0, 0.05) is 13.2 Å². The first kappa shape index (κ1) is 12.6. The molecule has 0 unspecified atom stereocenters. The first-order valence-electron chi connectivity index (χ1n) is 4.94.